The van der Waals surface area contributed by atoms with Gasteiger partial charge >= 0.3 is 0 Å². The number of hydrogen-bond acceptors (Lipinski definition) is 3. The number of carbonyl (C=O) groups excluding carboxylic acids is 1. The minimum absolute atomic E-state index is 0.144. The number of H-pyrrole nitrogens is 1. The van der Waals surface area contributed by atoms with Crippen LogP contribution < -0.4 is 0 Å². The Hall–Kier alpha value is -2.14. The van der Waals surface area contributed by atoms with Gasteiger partial charge in [0.15, 0.2) is 5.82 Å². The lowest BCUT2D eigenvalue weighted by Gasteiger charge is -2.35. The van der Waals surface area contributed by atoms with Crippen LogP contribution in [0.15, 0.2) is 36.7 Å². The summed E-state index contributed by atoms with van der Waals surface area (Å²) in [5, 5.41) is 11.1. The van der Waals surface area contributed by atoms with Crippen LogP contribution in [0.3, 0.4) is 0 Å². The topological polar surface area (TPSA) is 69.2 Å². The first-order chi connectivity index (χ1) is 9.06. The van der Waals surface area contributed by atoms with E-state index in [2.05, 4.69) is 9.97 Å². The van der Waals surface area contributed by atoms with Crippen molar-refractivity contribution < 1.29 is 9.90 Å². The zero-order valence-electron chi connectivity index (χ0n) is 10.8. The van der Waals surface area contributed by atoms with Crippen LogP contribution in [0.1, 0.15) is 35.6 Å². The van der Waals surface area contributed by atoms with Gasteiger partial charge in [-0.3, -0.25) is 9.69 Å². The fraction of sp³-hybridized carbons (Fsp3) is 0.286. The van der Waals surface area contributed by atoms with Crippen molar-refractivity contribution in [1.29, 1.82) is 0 Å². The second-order valence-corrected chi connectivity index (χ2v) is 4.92. The minimum atomic E-state index is -1.52. The number of carbonyl (C=O) groups is 1. The van der Waals surface area contributed by atoms with Crippen LogP contribution >= 0.6 is 0 Å². The number of imidazole rings is 1. The molecule has 0 fully saturated rings. The van der Waals surface area contributed by atoms with E-state index in [9.17, 15) is 9.90 Å². The van der Waals surface area contributed by atoms with Crippen LogP contribution in [-0.4, -0.2) is 31.9 Å². The van der Waals surface area contributed by atoms with E-state index in [1.54, 1.807) is 30.6 Å². The normalized spacial score (nSPS) is 22.1. The van der Waals surface area contributed by atoms with Crippen LogP contribution in [0, 0.1) is 0 Å². The molecule has 2 heterocycles. The smallest absolute Gasteiger partial charge is 0.257 e. The Morgan fingerprint density at radius 2 is 2.11 bits per heavy atom. The van der Waals surface area contributed by atoms with E-state index in [0.29, 0.717) is 17.0 Å². The summed E-state index contributed by atoms with van der Waals surface area (Å²) in [5.41, 5.74) is -0.426. The fourth-order valence-corrected chi connectivity index (χ4v) is 2.69. The Bertz CT molecular complexity index is 621. The Morgan fingerprint density at radius 3 is 2.74 bits per heavy atom. The Kier molecular flexibility index (Phi) is 2.46. The van der Waals surface area contributed by atoms with Crippen molar-refractivity contribution in [3.05, 3.63) is 53.6 Å². The van der Waals surface area contributed by atoms with Gasteiger partial charge in [0.1, 0.15) is 0 Å². The molecule has 0 radical (unpaired) electrons. The molecule has 2 N–H and O–H groups in total. The number of benzene rings is 1. The highest BCUT2D eigenvalue weighted by atomic mass is 16.3. The number of nitrogens with zero attached hydrogens (tertiary/aromatic N) is 2. The number of fused-ring (bicyclic) bond motifs is 1. The molecule has 0 unspecified atom stereocenters. The number of amides is 1. The van der Waals surface area contributed by atoms with Crippen LogP contribution in [-0.2, 0) is 5.72 Å². The van der Waals surface area contributed by atoms with E-state index in [1.165, 1.54) is 4.90 Å². The summed E-state index contributed by atoms with van der Waals surface area (Å²) in [6.45, 7) is 3.75. The molecule has 0 saturated heterocycles. The summed E-state index contributed by atoms with van der Waals surface area (Å²) in [6.07, 6.45) is 3.20. The van der Waals surface area contributed by atoms with Gasteiger partial charge in [0.05, 0.1) is 0 Å². The third-order valence-corrected chi connectivity index (χ3v) is 3.45. The predicted molar refractivity (Wildman–Crippen MR) is 69.3 cm³/mol. The van der Waals surface area contributed by atoms with Gasteiger partial charge in [0.25, 0.3) is 5.91 Å². The van der Waals surface area contributed by atoms with Crippen molar-refractivity contribution in [2.24, 2.45) is 0 Å². The lowest BCUT2D eigenvalue weighted by atomic mass is 10.0. The van der Waals surface area contributed by atoms with Gasteiger partial charge in [-0.2, -0.15) is 0 Å². The maximum atomic E-state index is 12.5. The van der Waals surface area contributed by atoms with Gasteiger partial charge in [0.2, 0.25) is 5.72 Å². The summed E-state index contributed by atoms with van der Waals surface area (Å²) < 4.78 is 0. The van der Waals surface area contributed by atoms with Crippen molar-refractivity contribution >= 4 is 5.91 Å². The lowest BCUT2D eigenvalue weighted by molar-refractivity contribution is -0.0694. The molecule has 1 aromatic heterocycles. The number of hydrogen-bond donors (Lipinski definition) is 2. The Balaban J connectivity index is 2.28. The van der Waals surface area contributed by atoms with Crippen molar-refractivity contribution in [1.82, 2.24) is 14.9 Å². The third-order valence-electron chi connectivity index (χ3n) is 3.45. The molecule has 98 valence electrons. The van der Waals surface area contributed by atoms with Crippen LogP contribution in [0.5, 0.6) is 0 Å². The molecule has 0 aliphatic carbocycles. The third kappa shape index (κ3) is 1.45. The molecule has 0 saturated carbocycles. The van der Waals surface area contributed by atoms with Gasteiger partial charge in [-0.05, 0) is 19.9 Å². The number of nitrogens with one attached hydrogen (secondary N) is 1. The summed E-state index contributed by atoms with van der Waals surface area (Å²) in [7, 11) is 0. The number of aliphatic hydroxyl groups is 1. The molecule has 1 aliphatic rings. The summed E-state index contributed by atoms with van der Waals surface area (Å²) in [5.74, 6) is 0.184. The van der Waals surface area contributed by atoms with Gasteiger partial charge in [-0.1, -0.05) is 18.2 Å². The van der Waals surface area contributed by atoms with Crippen LogP contribution in [0.4, 0.5) is 0 Å². The number of rotatable bonds is 2. The van der Waals surface area contributed by atoms with E-state index in [0.717, 1.165) is 0 Å². The molecule has 0 bridgehead atoms. The largest absolute Gasteiger partial charge is 0.361 e. The average molecular weight is 257 g/mol. The second kappa shape index (κ2) is 3.93. The highest BCUT2D eigenvalue weighted by Gasteiger charge is 2.52. The molecule has 1 amide bonds. The van der Waals surface area contributed by atoms with E-state index >= 15 is 0 Å². The highest BCUT2D eigenvalue weighted by Crippen LogP contribution is 2.41. The molecular formula is C14H15N3O2. The Labute approximate surface area is 110 Å². The summed E-state index contributed by atoms with van der Waals surface area (Å²) >= 11 is 0. The predicted octanol–water partition coefficient (Wildman–Crippen LogP) is 1.47. The molecule has 5 heteroatoms. The van der Waals surface area contributed by atoms with Gasteiger partial charge < -0.3 is 10.1 Å². The molecule has 1 atom stereocenters. The minimum Gasteiger partial charge on any atom is -0.361 e. The first-order valence-electron chi connectivity index (χ1n) is 6.22. The van der Waals surface area contributed by atoms with E-state index in [-0.39, 0.29) is 11.9 Å². The molecule has 1 aliphatic heterocycles. The first kappa shape index (κ1) is 11.9. The number of aromatic nitrogens is 2. The first-order valence-corrected chi connectivity index (χ1v) is 6.22. The van der Waals surface area contributed by atoms with Crippen LogP contribution in [0.25, 0.3) is 0 Å². The monoisotopic (exact) mass is 257 g/mol. The second-order valence-electron chi connectivity index (χ2n) is 4.92. The van der Waals surface area contributed by atoms with E-state index in [1.807, 2.05) is 19.9 Å². The number of aromatic amines is 1. The highest BCUT2D eigenvalue weighted by molar-refractivity contribution is 6.00. The summed E-state index contributed by atoms with van der Waals surface area (Å²) in [4.78, 5) is 21.0. The van der Waals surface area contributed by atoms with Gasteiger partial charge in [0, 0.05) is 29.6 Å². The zero-order chi connectivity index (χ0) is 13.6. The van der Waals surface area contributed by atoms with E-state index < -0.39 is 5.72 Å². The van der Waals surface area contributed by atoms with Gasteiger partial charge in [-0.25, -0.2) is 4.98 Å². The fourth-order valence-electron chi connectivity index (χ4n) is 2.69. The summed E-state index contributed by atoms with van der Waals surface area (Å²) in [6, 6.07) is 6.95. The van der Waals surface area contributed by atoms with E-state index in [4.69, 9.17) is 0 Å². The molecular weight excluding hydrogens is 242 g/mol. The molecule has 3 rings (SSSR count). The molecule has 19 heavy (non-hydrogen) atoms. The van der Waals surface area contributed by atoms with Crippen molar-refractivity contribution in [3.8, 4) is 0 Å². The van der Waals surface area contributed by atoms with Gasteiger partial charge in [-0.15, -0.1) is 0 Å². The lowest BCUT2D eigenvalue weighted by Crippen LogP contribution is -2.49. The average Bonchev–Trinajstić information content (AvgIpc) is 2.98. The Morgan fingerprint density at radius 1 is 1.37 bits per heavy atom. The molecule has 2 aromatic rings. The van der Waals surface area contributed by atoms with Crippen LogP contribution in [0.2, 0.25) is 0 Å². The SMILES string of the molecule is CC(C)N1C(=O)c2ccccc2[C@@]1(O)c1ncc[nH]1. The quantitative estimate of drug-likeness (QED) is 0.856. The zero-order valence-corrected chi connectivity index (χ0v) is 10.8. The van der Waals surface area contributed by atoms with Crippen molar-refractivity contribution in [3.63, 3.8) is 0 Å². The molecule has 0 spiro atoms. The van der Waals surface area contributed by atoms with Crippen molar-refractivity contribution in [2.75, 3.05) is 0 Å². The van der Waals surface area contributed by atoms with Crippen molar-refractivity contribution in [2.45, 2.75) is 25.6 Å². The molecule has 5 nitrogen and oxygen atoms in total. The standard InChI is InChI=1S/C14H15N3O2/c1-9(2)17-12(18)10-5-3-4-6-11(10)14(17,19)13-15-7-8-16-13/h3-9,19H,1-2H3,(H,15,16)/t14-/m1/s1. The maximum Gasteiger partial charge on any atom is 0.257 e. The molecule has 1 aromatic carbocycles. The maximum absolute atomic E-state index is 12.5.